The minimum atomic E-state index is -3.94. The summed E-state index contributed by atoms with van der Waals surface area (Å²) in [6.45, 7) is 5.22. The van der Waals surface area contributed by atoms with Gasteiger partial charge in [0, 0.05) is 46.6 Å². The molecule has 0 spiro atoms. The minimum absolute atomic E-state index is 0.0117. The van der Waals surface area contributed by atoms with E-state index in [9.17, 15) is 18.0 Å². The van der Waals surface area contributed by atoms with Crippen LogP contribution in [0.5, 0.6) is 5.75 Å². The van der Waals surface area contributed by atoms with Crippen molar-refractivity contribution in [3.05, 3.63) is 99.6 Å². The number of rotatable bonds is 11. The van der Waals surface area contributed by atoms with E-state index in [4.69, 9.17) is 16.3 Å². The Bertz CT molecular complexity index is 1960. The lowest BCUT2D eigenvalue weighted by Crippen LogP contribution is -2.36. The Morgan fingerprint density at radius 2 is 1.94 bits per heavy atom. The monoisotopic (exact) mass is 680 g/mol. The van der Waals surface area contributed by atoms with E-state index in [0.717, 1.165) is 52.4 Å². The van der Waals surface area contributed by atoms with Crippen LogP contribution in [0.2, 0.25) is 5.02 Å². The van der Waals surface area contributed by atoms with Crippen LogP contribution in [0.25, 0.3) is 11.1 Å². The van der Waals surface area contributed by atoms with Crippen molar-refractivity contribution in [2.24, 2.45) is 5.92 Å². The smallest absolute Gasteiger partial charge is 0.285 e. The molecule has 10 nitrogen and oxygen atoms in total. The molecule has 1 aromatic heterocycles. The molecule has 4 aromatic rings. The average Bonchev–Trinajstić information content (AvgIpc) is 3.67. The fourth-order valence-electron chi connectivity index (χ4n) is 6.03. The molecule has 1 fully saturated rings. The first-order valence-corrected chi connectivity index (χ1v) is 17.4. The van der Waals surface area contributed by atoms with Gasteiger partial charge in [-0.2, -0.15) is 13.5 Å². The highest BCUT2D eigenvalue weighted by atomic mass is 35.5. The lowest BCUT2D eigenvalue weighted by molar-refractivity contribution is -0.119. The summed E-state index contributed by atoms with van der Waals surface area (Å²) in [6.07, 6.45) is 6.26. The highest BCUT2D eigenvalue weighted by Gasteiger charge is 2.47. The molecule has 1 aliphatic carbocycles. The van der Waals surface area contributed by atoms with Gasteiger partial charge in [-0.1, -0.05) is 35.9 Å². The number of benzene rings is 3. The molecule has 2 unspecified atom stereocenters. The van der Waals surface area contributed by atoms with Gasteiger partial charge in [-0.05, 0) is 85.0 Å². The van der Waals surface area contributed by atoms with E-state index in [1.807, 2.05) is 55.1 Å². The molecular formula is C34H34ClFN4O6S. The number of halogens is 2. The van der Waals surface area contributed by atoms with Gasteiger partial charge in [-0.15, -0.1) is 4.28 Å². The van der Waals surface area contributed by atoms with Crippen molar-refractivity contribution in [2.75, 3.05) is 24.3 Å². The number of aryl methyl sites for hydroxylation is 1. The molecular weight excluding hydrogens is 647 g/mol. The van der Waals surface area contributed by atoms with Crippen LogP contribution in [-0.2, 0) is 25.7 Å². The second-order valence-corrected chi connectivity index (χ2v) is 14.0. The first kappa shape index (κ1) is 32.7. The van der Waals surface area contributed by atoms with Crippen molar-refractivity contribution in [1.29, 1.82) is 0 Å². The van der Waals surface area contributed by atoms with E-state index >= 15 is 4.39 Å². The molecule has 47 heavy (non-hydrogen) atoms. The molecule has 1 N–H and O–H groups in total. The van der Waals surface area contributed by atoms with Crippen molar-refractivity contribution in [1.82, 2.24) is 15.3 Å². The Hall–Kier alpha value is -4.26. The third kappa shape index (κ3) is 7.19. The number of carbonyl (C=O) groups excluding carboxylic acids is 2. The normalized spacial score (nSPS) is 16.7. The molecule has 0 saturated heterocycles. The van der Waals surface area contributed by atoms with Gasteiger partial charge in [-0.3, -0.25) is 14.3 Å². The summed E-state index contributed by atoms with van der Waals surface area (Å²) in [5, 5.41) is 4.41. The summed E-state index contributed by atoms with van der Waals surface area (Å²) in [5.41, 5.74) is 7.77. The van der Waals surface area contributed by atoms with Gasteiger partial charge < -0.3 is 9.64 Å². The topological polar surface area (TPSA) is 120 Å². The molecule has 2 aliphatic rings. The number of fused-ring (bicyclic) bond motifs is 3. The number of anilines is 1. The number of nitrogens with zero attached hydrogens (tertiary/aromatic N) is 3. The van der Waals surface area contributed by atoms with Crippen LogP contribution in [0.3, 0.4) is 0 Å². The maximum absolute atomic E-state index is 15.1. The molecule has 246 valence electrons. The van der Waals surface area contributed by atoms with E-state index in [-0.39, 0.29) is 28.6 Å². The molecule has 2 amide bonds. The quantitative estimate of drug-likeness (QED) is 0.154. The highest BCUT2D eigenvalue weighted by molar-refractivity contribution is 7.85. The Labute approximate surface area is 277 Å². The molecule has 3 aromatic carbocycles. The van der Waals surface area contributed by atoms with Gasteiger partial charge in [0.15, 0.2) is 0 Å². The zero-order valence-electron chi connectivity index (χ0n) is 26.1. The van der Waals surface area contributed by atoms with Crippen LogP contribution in [-0.4, -0.2) is 49.4 Å². The number of hydrogen-bond donors (Lipinski definition) is 1. The number of ether oxygens (including phenoxy) is 1. The van der Waals surface area contributed by atoms with Crippen LogP contribution in [0, 0.1) is 25.6 Å². The summed E-state index contributed by atoms with van der Waals surface area (Å²) in [7, 11) is -3.94. The van der Waals surface area contributed by atoms with Gasteiger partial charge in [-0.25, -0.2) is 9.87 Å². The fourth-order valence-corrected chi connectivity index (χ4v) is 6.53. The number of amides is 2. The fraction of sp³-hybridized carbons (Fsp3) is 0.324. The van der Waals surface area contributed by atoms with Crippen LogP contribution >= 0.6 is 11.6 Å². The Kier molecular flexibility index (Phi) is 9.10. The molecule has 1 aliphatic heterocycles. The standard InChI is InChI=1S/C34H34ClFN4O6S/c1-20-7-4-10-31(21(20)2)45-12-6-11-32(41)40-18-23-13-26(23)33-25(8-5-9-30(33)40)24-16-37-39(17-24)19-27-28(35)14-22(15-29(27)36)34(42)38-46-47(3,43)44/h4-5,7-10,14-17,23,26H,6,11-13,18-19H2,1-3H3,(H,38,42). The molecule has 0 bridgehead atoms. The summed E-state index contributed by atoms with van der Waals surface area (Å²) >= 11 is 6.33. The second-order valence-electron chi connectivity index (χ2n) is 12.1. The van der Waals surface area contributed by atoms with Crippen LogP contribution in [0.15, 0.2) is 60.9 Å². The van der Waals surface area contributed by atoms with Crippen molar-refractivity contribution in [3.8, 4) is 16.9 Å². The van der Waals surface area contributed by atoms with Crippen molar-refractivity contribution < 1.29 is 31.4 Å². The lowest BCUT2D eigenvalue weighted by atomic mass is 9.92. The van der Waals surface area contributed by atoms with Gasteiger partial charge >= 0.3 is 0 Å². The number of hydroxylamine groups is 1. The zero-order chi connectivity index (χ0) is 33.5. The maximum Gasteiger partial charge on any atom is 0.285 e. The summed E-state index contributed by atoms with van der Waals surface area (Å²) < 4.78 is 49.2. The van der Waals surface area contributed by atoms with Crippen molar-refractivity contribution >= 4 is 39.2 Å². The largest absolute Gasteiger partial charge is 0.493 e. The van der Waals surface area contributed by atoms with Crippen molar-refractivity contribution in [2.45, 2.75) is 45.6 Å². The first-order chi connectivity index (χ1) is 22.4. The molecule has 13 heteroatoms. The van der Waals surface area contributed by atoms with Crippen LogP contribution < -0.4 is 15.1 Å². The van der Waals surface area contributed by atoms with Gasteiger partial charge in [0.1, 0.15) is 11.6 Å². The number of hydrogen-bond acceptors (Lipinski definition) is 7. The molecule has 6 rings (SSSR count). The highest BCUT2D eigenvalue weighted by Crippen LogP contribution is 2.57. The predicted octanol–water partition coefficient (Wildman–Crippen LogP) is 5.94. The van der Waals surface area contributed by atoms with E-state index < -0.39 is 21.8 Å². The third-order valence-electron chi connectivity index (χ3n) is 8.69. The Morgan fingerprint density at radius 3 is 2.70 bits per heavy atom. The minimum Gasteiger partial charge on any atom is -0.493 e. The summed E-state index contributed by atoms with van der Waals surface area (Å²) in [6, 6.07) is 14.1. The number of carbonyl (C=O) groups is 2. The van der Waals surface area contributed by atoms with Gasteiger partial charge in [0.25, 0.3) is 16.0 Å². The van der Waals surface area contributed by atoms with Gasteiger partial charge in [0.2, 0.25) is 5.91 Å². The molecule has 2 atom stereocenters. The van der Waals surface area contributed by atoms with Crippen LogP contribution in [0.1, 0.15) is 57.8 Å². The van der Waals surface area contributed by atoms with E-state index in [1.54, 1.807) is 22.6 Å². The third-order valence-corrected chi connectivity index (χ3v) is 9.41. The predicted molar refractivity (Wildman–Crippen MR) is 175 cm³/mol. The van der Waals surface area contributed by atoms with E-state index in [1.165, 1.54) is 11.6 Å². The molecule has 2 heterocycles. The molecule has 1 saturated carbocycles. The molecule has 0 radical (unpaired) electrons. The Morgan fingerprint density at radius 1 is 1.15 bits per heavy atom. The van der Waals surface area contributed by atoms with Crippen molar-refractivity contribution in [3.63, 3.8) is 0 Å². The second kappa shape index (κ2) is 13.1. The lowest BCUT2D eigenvalue weighted by Gasteiger charge is -2.30. The average molecular weight is 681 g/mol. The first-order valence-electron chi connectivity index (χ1n) is 15.2. The summed E-state index contributed by atoms with van der Waals surface area (Å²) in [4.78, 5) is 27.6. The zero-order valence-corrected chi connectivity index (χ0v) is 27.7. The van der Waals surface area contributed by atoms with Gasteiger partial charge in [0.05, 0.1) is 25.6 Å². The van der Waals surface area contributed by atoms with E-state index in [0.29, 0.717) is 37.8 Å². The summed E-state index contributed by atoms with van der Waals surface area (Å²) in [5.74, 6) is -0.0451. The number of nitrogens with one attached hydrogen (secondary N) is 1. The maximum atomic E-state index is 15.1. The van der Waals surface area contributed by atoms with Crippen LogP contribution in [0.4, 0.5) is 10.1 Å². The van der Waals surface area contributed by atoms with E-state index in [2.05, 4.69) is 9.38 Å². The number of aromatic nitrogens is 2. The Balaban J connectivity index is 1.15. The SMILES string of the molecule is Cc1cccc(OCCCC(=O)N2CC3CC3c3c(-c4cnn(Cc5c(F)cc(C(=O)NOS(C)(=O)=O)cc5Cl)c4)cccc32)c1C.